The summed E-state index contributed by atoms with van der Waals surface area (Å²) in [5.41, 5.74) is 7.49. The summed E-state index contributed by atoms with van der Waals surface area (Å²) in [6, 6.07) is 3.65. The summed E-state index contributed by atoms with van der Waals surface area (Å²) in [7, 11) is 0. The lowest BCUT2D eigenvalue weighted by molar-refractivity contribution is 0.0684. The van der Waals surface area contributed by atoms with Gasteiger partial charge in [-0.1, -0.05) is 6.92 Å². The van der Waals surface area contributed by atoms with Crippen molar-refractivity contribution in [2.75, 3.05) is 13.1 Å². The highest BCUT2D eigenvalue weighted by molar-refractivity contribution is 5.96. The van der Waals surface area contributed by atoms with E-state index in [1.165, 1.54) is 4.80 Å². The Labute approximate surface area is 130 Å². The van der Waals surface area contributed by atoms with Gasteiger partial charge in [0.25, 0.3) is 5.91 Å². The zero-order valence-electron chi connectivity index (χ0n) is 13.2. The highest BCUT2D eigenvalue weighted by Crippen LogP contribution is 2.16. The smallest absolute Gasteiger partial charge is 0.275 e. The van der Waals surface area contributed by atoms with E-state index in [1.807, 2.05) is 32.9 Å². The Kier molecular flexibility index (Phi) is 5.21. The van der Waals surface area contributed by atoms with E-state index in [0.717, 1.165) is 12.1 Å². The predicted molar refractivity (Wildman–Crippen MR) is 83.7 cm³/mol. The van der Waals surface area contributed by atoms with Crippen molar-refractivity contribution < 1.29 is 4.79 Å². The summed E-state index contributed by atoms with van der Waals surface area (Å²) in [6.07, 6.45) is 3.94. The minimum absolute atomic E-state index is 0.00163. The third kappa shape index (κ3) is 3.14. The molecule has 2 rings (SSSR count). The van der Waals surface area contributed by atoms with Crippen LogP contribution >= 0.6 is 0 Å². The van der Waals surface area contributed by atoms with E-state index >= 15 is 0 Å². The van der Waals surface area contributed by atoms with Crippen molar-refractivity contribution in [2.24, 2.45) is 5.73 Å². The molecule has 0 aliphatic carbocycles. The van der Waals surface area contributed by atoms with Crippen molar-refractivity contribution in [3.8, 4) is 5.69 Å². The lowest BCUT2D eigenvalue weighted by atomic mass is 10.1. The Morgan fingerprint density at radius 1 is 1.32 bits per heavy atom. The fourth-order valence-electron chi connectivity index (χ4n) is 2.43. The molecule has 0 saturated heterocycles. The lowest BCUT2D eigenvalue weighted by Gasteiger charge is -2.29. The van der Waals surface area contributed by atoms with E-state index in [1.54, 1.807) is 17.3 Å². The normalized spacial score (nSPS) is 12.2. The molecule has 2 aromatic heterocycles. The van der Waals surface area contributed by atoms with Gasteiger partial charge < -0.3 is 10.6 Å². The van der Waals surface area contributed by atoms with Crippen molar-refractivity contribution in [1.82, 2.24) is 24.9 Å². The van der Waals surface area contributed by atoms with Crippen LogP contribution in [-0.4, -0.2) is 49.9 Å². The van der Waals surface area contributed by atoms with Gasteiger partial charge in [0.15, 0.2) is 5.69 Å². The van der Waals surface area contributed by atoms with Crippen LogP contribution in [-0.2, 0) is 0 Å². The van der Waals surface area contributed by atoms with Crippen LogP contribution in [0.5, 0.6) is 0 Å². The third-order valence-corrected chi connectivity index (χ3v) is 3.64. The molecular formula is C15H22N6O. The first-order valence-electron chi connectivity index (χ1n) is 7.47. The monoisotopic (exact) mass is 302 g/mol. The molecule has 7 heteroatoms. The maximum Gasteiger partial charge on any atom is 0.275 e. The van der Waals surface area contributed by atoms with Crippen molar-refractivity contribution in [3.05, 3.63) is 35.9 Å². The molecule has 7 nitrogen and oxygen atoms in total. The van der Waals surface area contributed by atoms with Gasteiger partial charge in [-0.3, -0.25) is 4.79 Å². The summed E-state index contributed by atoms with van der Waals surface area (Å²) >= 11 is 0. The van der Waals surface area contributed by atoms with Crippen LogP contribution in [0.4, 0.5) is 0 Å². The molecule has 0 bridgehead atoms. The van der Waals surface area contributed by atoms with E-state index in [2.05, 4.69) is 15.2 Å². The topological polar surface area (TPSA) is 89.9 Å². The average Bonchev–Trinajstić information content (AvgIpc) is 3.06. The molecule has 1 atom stereocenters. The Morgan fingerprint density at radius 3 is 2.55 bits per heavy atom. The Bertz CT molecular complexity index is 621. The van der Waals surface area contributed by atoms with E-state index in [0.29, 0.717) is 24.5 Å². The number of hydrogen-bond acceptors (Lipinski definition) is 5. The fraction of sp³-hybridized carbons (Fsp3) is 0.467. The first kappa shape index (κ1) is 16.1. The number of rotatable bonds is 6. The van der Waals surface area contributed by atoms with E-state index in [-0.39, 0.29) is 11.9 Å². The number of hydrogen-bond donors (Lipinski definition) is 1. The van der Waals surface area contributed by atoms with Crippen molar-refractivity contribution in [3.63, 3.8) is 0 Å². The summed E-state index contributed by atoms with van der Waals surface area (Å²) < 4.78 is 0. The molecule has 0 fully saturated rings. The molecular weight excluding hydrogens is 280 g/mol. The van der Waals surface area contributed by atoms with Crippen molar-refractivity contribution in [2.45, 2.75) is 33.2 Å². The third-order valence-electron chi connectivity index (χ3n) is 3.64. The van der Waals surface area contributed by atoms with E-state index in [4.69, 9.17) is 5.73 Å². The molecule has 2 N–H and O–H groups in total. The number of nitrogens with two attached hydrogens (primary N) is 1. The van der Waals surface area contributed by atoms with Gasteiger partial charge in [-0.2, -0.15) is 10.2 Å². The van der Waals surface area contributed by atoms with E-state index in [9.17, 15) is 4.79 Å². The number of aromatic nitrogens is 4. The quantitative estimate of drug-likeness (QED) is 0.865. The minimum atomic E-state index is -0.143. The zero-order chi connectivity index (χ0) is 16.1. The summed E-state index contributed by atoms with van der Waals surface area (Å²) in [5, 5.41) is 8.20. The van der Waals surface area contributed by atoms with Crippen LogP contribution in [0.25, 0.3) is 5.69 Å². The van der Waals surface area contributed by atoms with Gasteiger partial charge in [0.05, 0.1) is 12.4 Å². The highest BCUT2D eigenvalue weighted by atomic mass is 16.2. The number of nitrogens with zero attached hydrogens (tertiary/aromatic N) is 5. The first-order valence-corrected chi connectivity index (χ1v) is 7.47. The number of amides is 1. The second-order valence-electron chi connectivity index (χ2n) is 5.03. The fourth-order valence-corrected chi connectivity index (χ4v) is 2.43. The second kappa shape index (κ2) is 7.13. The summed E-state index contributed by atoms with van der Waals surface area (Å²) in [6.45, 7) is 6.83. The second-order valence-corrected chi connectivity index (χ2v) is 5.03. The largest absolute Gasteiger partial charge is 0.333 e. The molecule has 0 saturated carbocycles. The number of pyridine rings is 1. The van der Waals surface area contributed by atoms with Gasteiger partial charge in [0.1, 0.15) is 5.69 Å². The molecule has 1 amide bonds. The Balaban J connectivity index is 2.46. The lowest BCUT2D eigenvalue weighted by Crippen LogP contribution is -2.44. The molecule has 0 aliphatic rings. The van der Waals surface area contributed by atoms with Crippen LogP contribution in [0.15, 0.2) is 24.5 Å². The van der Waals surface area contributed by atoms with Crippen LogP contribution in [0, 0.1) is 6.92 Å². The number of likely N-dealkylation sites (N-methyl/N-ethyl adjacent to an activating group) is 1. The molecule has 0 aliphatic heterocycles. The van der Waals surface area contributed by atoms with Crippen LogP contribution in [0.1, 0.15) is 36.5 Å². The van der Waals surface area contributed by atoms with Crippen LogP contribution in [0.2, 0.25) is 0 Å². The first-order chi connectivity index (χ1) is 10.6. The molecule has 0 aromatic carbocycles. The molecule has 1 unspecified atom stereocenters. The SMILES string of the molecule is CCC(CN)N(CC)C(=O)c1nc(C)ccc1-n1nccn1. The van der Waals surface area contributed by atoms with Gasteiger partial charge in [-0.25, -0.2) is 4.98 Å². The van der Waals surface area contributed by atoms with Gasteiger partial charge in [-0.05, 0) is 32.4 Å². The Morgan fingerprint density at radius 2 is 2.00 bits per heavy atom. The Hall–Kier alpha value is -2.28. The number of carbonyl (C=O) groups is 1. The maximum absolute atomic E-state index is 12.9. The van der Waals surface area contributed by atoms with Crippen LogP contribution in [0.3, 0.4) is 0 Å². The molecule has 0 spiro atoms. The molecule has 2 heterocycles. The number of aryl methyl sites for hydroxylation is 1. The summed E-state index contributed by atoms with van der Waals surface area (Å²) in [5.74, 6) is -0.143. The van der Waals surface area contributed by atoms with Crippen molar-refractivity contribution >= 4 is 5.91 Å². The average molecular weight is 302 g/mol. The molecule has 22 heavy (non-hydrogen) atoms. The molecule has 118 valence electrons. The van der Waals surface area contributed by atoms with Gasteiger partial charge in [-0.15, -0.1) is 4.80 Å². The van der Waals surface area contributed by atoms with Gasteiger partial charge >= 0.3 is 0 Å². The summed E-state index contributed by atoms with van der Waals surface area (Å²) in [4.78, 5) is 20.5. The highest BCUT2D eigenvalue weighted by Gasteiger charge is 2.25. The van der Waals surface area contributed by atoms with E-state index < -0.39 is 0 Å². The minimum Gasteiger partial charge on any atom is -0.333 e. The predicted octanol–water partition coefficient (Wildman–Crippen LogP) is 1.17. The number of carbonyl (C=O) groups excluding carboxylic acids is 1. The molecule has 0 radical (unpaired) electrons. The van der Waals surface area contributed by atoms with Crippen LogP contribution < -0.4 is 5.73 Å². The molecule has 2 aromatic rings. The maximum atomic E-state index is 12.9. The standard InChI is InChI=1S/C15H22N6O/c1-4-12(10-16)20(5-2)15(22)14-13(7-6-11(3)19-14)21-17-8-9-18-21/h6-9,12H,4-5,10,16H2,1-3H3. The zero-order valence-corrected chi connectivity index (χ0v) is 13.2. The van der Waals surface area contributed by atoms with Crippen molar-refractivity contribution in [1.29, 1.82) is 0 Å². The van der Waals surface area contributed by atoms with Gasteiger partial charge in [0.2, 0.25) is 0 Å². The van der Waals surface area contributed by atoms with Gasteiger partial charge in [0, 0.05) is 24.8 Å².